The van der Waals surface area contributed by atoms with Crippen LogP contribution < -0.4 is 0 Å². The number of carbonyl (C=O) groups excluding carboxylic acids is 1. The molecule has 0 saturated heterocycles. The Hall–Kier alpha value is -0.850. The molecule has 0 aliphatic rings. The summed E-state index contributed by atoms with van der Waals surface area (Å²) >= 11 is 0. The summed E-state index contributed by atoms with van der Waals surface area (Å²) in [7, 11) is 0. The van der Waals surface area contributed by atoms with Gasteiger partial charge >= 0.3 is 0 Å². The maximum atomic E-state index is 10.0. The van der Waals surface area contributed by atoms with Gasteiger partial charge in [0.15, 0.2) is 0 Å². The largest absolute Gasteiger partial charge is 0.303 e. The number of hydrogen-bond acceptors (Lipinski definition) is 1. The number of rotatable bonds is 6. The monoisotopic (exact) mass is 152 g/mol. The van der Waals surface area contributed by atoms with E-state index in [4.69, 9.17) is 0 Å². The molecule has 0 N–H and O–H groups in total. The van der Waals surface area contributed by atoms with Gasteiger partial charge in [0, 0.05) is 6.42 Å². The zero-order valence-corrected chi connectivity index (χ0v) is 7.18. The van der Waals surface area contributed by atoms with Crippen molar-refractivity contribution in [3.8, 4) is 0 Å². The molecule has 1 nitrogen and oxygen atoms in total. The second-order valence-electron chi connectivity index (χ2n) is 2.92. The van der Waals surface area contributed by atoms with Crippen LogP contribution >= 0.6 is 0 Å². The second kappa shape index (κ2) is 5.90. The van der Waals surface area contributed by atoms with E-state index in [1.54, 1.807) is 6.08 Å². The van der Waals surface area contributed by atoms with E-state index in [9.17, 15) is 4.79 Å². The summed E-state index contributed by atoms with van der Waals surface area (Å²) in [4.78, 5) is 10.0. The number of carbonyl (C=O) groups is 1. The highest BCUT2D eigenvalue weighted by Gasteiger charge is 2.01. The zero-order valence-electron chi connectivity index (χ0n) is 7.18. The van der Waals surface area contributed by atoms with Gasteiger partial charge in [0.1, 0.15) is 6.29 Å². The molecule has 0 amide bonds. The Morgan fingerprint density at radius 3 is 2.73 bits per heavy atom. The Bertz CT molecular complexity index is 147. The third-order valence-electron chi connectivity index (χ3n) is 1.68. The van der Waals surface area contributed by atoms with Gasteiger partial charge in [-0.3, -0.25) is 0 Å². The van der Waals surface area contributed by atoms with E-state index in [2.05, 4.69) is 20.1 Å². The van der Waals surface area contributed by atoms with E-state index in [0.717, 1.165) is 24.7 Å². The Kier molecular flexibility index (Phi) is 5.44. The van der Waals surface area contributed by atoms with Crippen LogP contribution in [0.4, 0.5) is 0 Å². The Morgan fingerprint density at radius 2 is 2.27 bits per heavy atom. The first-order valence-electron chi connectivity index (χ1n) is 3.94. The quantitative estimate of drug-likeness (QED) is 0.422. The third-order valence-corrected chi connectivity index (χ3v) is 1.68. The lowest BCUT2D eigenvalue weighted by atomic mass is 9.98. The van der Waals surface area contributed by atoms with E-state index < -0.39 is 0 Å². The van der Waals surface area contributed by atoms with Gasteiger partial charge in [-0.15, -0.1) is 0 Å². The summed E-state index contributed by atoms with van der Waals surface area (Å²) < 4.78 is 0. The predicted octanol–water partition coefficient (Wildman–Crippen LogP) is 2.73. The van der Waals surface area contributed by atoms with Gasteiger partial charge in [-0.05, 0) is 18.8 Å². The van der Waals surface area contributed by atoms with E-state index in [-0.39, 0.29) is 0 Å². The number of allylic oxidation sites excluding steroid dienone is 2. The van der Waals surface area contributed by atoms with Crippen molar-refractivity contribution in [1.82, 2.24) is 0 Å². The molecular weight excluding hydrogens is 136 g/mol. The second-order valence-corrected chi connectivity index (χ2v) is 2.92. The van der Waals surface area contributed by atoms with Gasteiger partial charge in [0.25, 0.3) is 0 Å². The van der Waals surface area contributed by atoms with Crippen LogP contribution in [-0.4, -0.2) is 6.29 Å². The molecule has 0 rings (SSSR count). The fourth-order valence-corrected chi connectivity index (χ4v) is 0.986. The average molecular weight is 152 g/mol. The minimum absolute atomic E-state index is 0.547. The van der Waals surface area contributed by atoms with Crippen molar-refractivity contribution < 1.29 is 4.79 Å². The summed E-state index contributed by atoms with van der Waals surface area (Å²) in [6.45, 7) is 9.56. The van der Waals surface area contributed by atoms with Gasteiger partial charge in [-0.2, -0.15) is 0 Å². The smallest absolute Gasteiger partial charge is 0.120 e. The van der Waals surface area contributed by atoms with Gasteiger partial charge < -0.3 is 4.79 Å². The van der Waals surface area contributed by atoms with Gasteiger partial charge in [0.2, 0.25) is 0 Å². The molecule has 0 aromatic carbocycles. The van der Waals surface area contributed by atoms with Crippen molar-refractivity contribution in [1.29, 1.82) is 0 Å². The van der Waals surface area contributed by atoms with Crippen LogP contribution in [0.1, 0.15) is 26.2 Å². The van der Waals surface area contributed by atoms with Crippen LogP contribution in [0.15, 0.2) is 24.8 Å². The molecule has 11 heavy (non-hydrogen) atoms. The molecule has 0 heterocycles. The Labute approximate surface area is 68.8 Å². The molecule has 0 saturated carbocycles. The van der Waals surface area contributed by atoms with Crippen molar-refractivity contribution in [2.45, 2.75) is 26.2 Å². The molecule has 0 fully saturated rings. The normalized spacial score (nSPS) is 12.1. The molecule has 1 unspecified atom stereocenters. The molecule has 0 aromatic rings. The number of hydrogen-bond donors (Lipinski definition) is 0. The van der Waals surface area contributed by atoms with Crippen molar-refractivity contribution >= 4 is 6.29 Å². The molecular formula is C10H16O. The molecule has 62 valence electrons. The molecule has 1 heteroatoms. The minimum atomic E-state index is 0.547. The molecule has 1 atom stereocenters. The maximum Gasteiger partial charge on any atom is 0.120 e. The standard InChI is InChI=1S/C10H16O/c1-4-9(2)8-10(3)6-5-7-11/h4,7,10H,1-2,5-6,8H2,3H3. The maximum absolute atomic E-state index is 10.0. The highest BCUT2D eigenvalue weighted by Crippen LogP contribution is 2.14. The third kappa shape index (κ3) is 5.59. The predicted molar refractivity (Wildman–Crippen MR) is 48.4 cm³/mol. The Balaban J connectivity index is 3.50. The fourth-order valence-electron chi connectivity index (χ4n) is 0.986. The Morgan fingerprint density at radius 1 is 1.64 bits per heavy atom. The molecule has 0 bridgehead atoms. The zero-order chi connectivity index (χ0) is 8.69. The first kappa shape index (κ1) is 10.2. The van der Waals surface area contributed by atoms with Crippen LogP contribution in [0.2, 0.25) is 0 Å². The molecule has 0 radical (unpaired) electrons. The average Bonchev–Trinajstić information content (AvgIpc) is 2.00. The first-order valence-corrected chi connectivity index (χ1v) is 3.94. The summed E-state index contributed by atoms with van der Waals surface area (Å²) in [5.41, 5.74) is 1.06. The summed E-state index contributed by atoms with van der Waals surface area (Å²) in [6.07, 6.45) is 5.31. The van der Waals surface area contributed by atoms with E-state index in [0.29, 0.717) is 12.3 Å². The molecule has 0 spiro atoms. The summed E-state index contributed by atoms with van der Waals surface area (Å²) in [5.74, 6) is 0.547. The van der Waals surface area contributed by atoms with Gasteiger partial charge in [-0.1, -0.05) is 31.7 Å². The van der Waals surface area contributed by atoms with Crippen LogP contribution in [0.25, 0.3) is 0 Å². The minimum Gasteiger partial charge on any atom is -0.303 e. The van der Waals surface area contributed by atoms with Crippen molar-refractivity contribution in [2.24, 2.45) is 5.92 Å². The molecule has 0 aromatic heterocycles. The van der Waals surface area contributed by atoms with Crippen LogP contribution in [0.5, 0.6) is 0 Å². The van der Waals surface area contributed by atoms with Gasteiger partial charge in [-0.25, -0.2) is 0 Å². The summed E-state index contributed by atoms with van der Waals surface area (Å²) in [5, 5.41) is 0. The van der Waals surface area contributed by atoms with Crippen LogP contribution in [0.3, 0.4) is 0 Å². The highest BCUT2D eigenvalue weighted by atomic mass is 16.1. The van der Waals surface area contributed by atoms with E-state index in [1.165, 1.54) is 0 Å². The fraction of sp³-hybridized carbons (Fsp3) is 0.500. The first-order chi connectivity index (χ1) is 5.20. The summed E-state index contributed by atoms with van der Waals surface area (Å²) in [6, 6.07) is 0. The molecule has 0 aliphatic heterocycles. The van der Waals surface area contributed by atoms with E-state index in [1.807, 2.05) is 0 Å². The SMILES string of the molecule is C=CC(=C)CC(C)CCC=O. The van der Waals surface area contributed by atoms with E-state index >= 15 is 0 Å². The van der Waals surface area contributed by atoms with Crippen molar-refractivity contribution in [2.75, 3.05) is 0 Å². The topological polar surface area (TPSA) is 17.1 Å². The lowest BCUT2D eigenvalue weighted by Gasteiger charge is -2.08. The van der Waals surface area contributed by atoms with Crippen molar-refractivity contribution in [3.63, 3.8) is 0 Å². The number of aldehydes is 1. The van der Waals surface area contributed by atoms with Crippen molar-refractivity contribution in [3.05, 3.63) is 24.8 Å². The molecule has 0 aliphatic carbocycles. The highest BCUT2D eigenvalue weighted by molar-refractivity contribution is 5.49. The van der Waals surface area contributed by atoms with Gasteiger partial charge in [0.05, 0.1) is 0 Å². The van der Waals surface area contributed by atoms with Crippen LogP contribution in [-0.2, 0) is 4.79 Å². The van der Waals surface area contributed by atoms with Crippen LogP contribution in [0, 0.1) is 5.92 Å². The lowest BCUT2D eigenvalue weighted by molar-refractivity contribution is -0.108. The lowest BCUT2D eigenvalue weighted by Crippen LogP contribution is -1.95.